The van der Waals surface area contributed by atoms with Crippen molar-refractivity contribution in [1.82, 2.24) is 29.9 Å². The highest BCUT2D eigenvalue weighted by atomic mass is 15.5. The van der Waals surface area contributed by atoms with Crippen molar-refractivity contribution in [2.45, 2.75) is 33.6 Å². The Labute approximate surface area is 178 Å². The van der Waals surface area contributed by atoms with E-state index in [1.54, 1.807) is 17.2 Å². The molecule has 1 aliphatic heterocycles. The van der Waals surface area contributed by atoms with E-state index in [-0.39, 0.29) is 0 Å². The Morgan fingerprint density at radius 1 is 1.00 bits per heavy atom. The molecule has 4 rings (SSSR count). The van der Waals surface area contributed by atoms with Gasteiger partial charge in [-0.3, -0.25) is 0 Å². The van der Waals surface area contributed by atoms with Crippen molar-refractivity contribution in [3.8, 4) is 5.69 Å². The van der Waals surface area contributed by atoms with Crippen molar-refractivity contribution in [1.29, 1.82) is 0 Å². The van der Waals surface area contributed by atoms with Crippen molar-refractivity contribution >= 4 is 11.5 Å². The Kier molecular flexibility index (Phi) is 5.79. The molecule has 1 saturated heterocycles. The van der Waals surface area contributed by atoms with E-state index in [9.17, 15) is 0 Å². The van der Waals surface area contributed by atoms with E-state index in [2.05, 4.69) is 67.7 Å². The van der Waals surface area contributed by atoms with E-state index in [1.807, 2.05) is 13.8 Å². The van der Waals surface area contributed by atoms with Gasteiger partial charge in [-0.2, -0.15) is 15.0 Å². The molecule has 7 heteroatoms. The highest BCUT2D eigenvalue weighted by Gasteiger charge is 2.20. The van der Waals surface area contributed by atoms with E-state index >= 15 is 0 Å². The number of aromatic nitrogens is 5. The Morgan fingerprint density at radius 3 is 2.53 bits per heavy atom. The van der Waals surface area contributed by atoms with Gasteiger partial charge in [-0.15, -0.1) is 0 Å². The first-order valence-electron chi connectivity index (χ1n) is 10.6. The highest BCUT2D eigenvalue weighted by molar-refractivity contribution is 5.70. The van der Waals surface area contributed by atoms with Gasteiger partial charge >= 0.3 is 0 Å². The Bertz CT molecular complexity index is 1010. The molecule has 2 aromatic heterocycles. The molecule has 1 aromatic carbocycles. The fourth-order valence-corrected chi connectivity index (χ4v) is 3.99. The third-order valence-corrected chi connectivity index (χ3v) is 5.57. The fourth-order valence-electron chi connectivity index (χ4n) is 3.99. The number of hydrogen-bond acceptors (Lipinski definition) is 6. The molecule has 0 aliphatic carbocycles. The molecule has 0 amide bonds. The van der Waals surface area contributed by atoms with Crippen LogP contribution >= 0.6 is 0 Å². The molecule has 1 fully saturated rings. The van der Waals surface area contributed by atoms with Crippen LogP contribution in [-0.2, 0) is 6.42 Å². The minimum absolute atomic E-state index is 0.822. The van der Waals surface area contributed by atoms with Gasteiger partial charge < -0.3 is 9.80 Å². The molecular weight excluding hydrogens is 374 g/mol. The maximum atomic E-state index is 4.65. The lowest BCUT2D eigenvalue weighted by atomic mass is 10.0. The maximum absolute atomic E-state index is 4.65. The van der Waals surface area contributed by atoms with Crippen LogP contribution in [0.1, 0.15) is 36.0 Å². The van der Waals surface area contributed by atoms with Gasteiger partial charge in [0.2, 0.25) is 0 Å². The topological polar surface area (TPSA) is 63.0 Å². The van der Waals surface area contributed by atoms with E-state index in [4.69, 9.17) is 0 Å². The van der Waals surface area contributed by atoms with E-state index in [0.717, 1.165) is 73.3 Å². The van der Waals surface area contributed by atoms with Gasteiger partial charge in [0.1, 0.15) is 11.6 Å². The van der Waals surface area contributed by atoms with Crippen molar-refractivity contribution in [3.63, 3.8) is 0 Å². The minimum Gasteiger partial charge on any atom is -0.370 e. The quantitative estimate of drug-likeness (QED) is 0.650. The van der Waals surface area contributed by atoms with Gasteiger partial charge in [0.25, 0.3) is 0 Å². The second-order valence-corrected chi connectivity index (χ2v) is 7.71. The minimum atomic E-state index is 0.822. The SMILES string of the molecule is C=C(c1cc(CC)ccc1-n1nccn1)N1CCCN(c2cc(C)nc(C)n2)CC1. The van der Waals surface area contributed by atoms with Crippen molar-refractivity contribution in [3.05, 3.63) is 65.9 Å². The Balaban J connectivity index is 1.57. The summed E-state index contributed by atoms with van der Waals surface area (Å²) in [6.07, 6.45) is 5.43. The number of hydrogen-bond donors (Lipinski definition) is 0. The summed E-state index contributed by atoms with van der Waals surface area (Å²) < 4.78 is 0. The van der Waals surface area contributed by atoms with Gasteiger partial charge in [0.05, 0.1) is 18.1 Å². The number of nitrogens with zero attached hydrogens (tertiary/aromatic N) is 7. The average molecular weight is 404 g/mol. The summed E-state index contributed by atoms with van der Waals surface area (Å²) >= 11 is 0. The molecule has 0 saturated carbocycles. The first kappa shape index (κ1) is 20.1. The lowest BCUT2D eigenvalue weighted by Gasteiger charge is -2.27. The fraction of sp³-hybridized carbons (Fsp3) is 0.391. The molecule has 0 bridgehead atoms. The molecule has 7 nitrogen and oxygen atoms in total. The predicted octanol–water partition coefficient (Wildman–Crippen LogP) is 3.42. The maximum Gasteiger partial charge on any atom is 0.132 e. The molecule has 0 N–H and O–H groups in total. The number of rotatable bonds is 5. The molecule has 30 heavy (non-hydrogen) atoms. The van der Waals surface area contributed by atoms with Crippen LogP contribution in [-0.4, -0.2) is 56.0 Å². The van der Waals surface area contributed by atoms with Crippen LogP contribution in [0.4, 0.5) is 5.82 Å². The van der Waals surface area contributed by atoms with Crippen LogP contribution < -0.4 is 4.90 Å². The molecule has 0 atom stereocenters. The highest BCUT2D eigenvalue weighted by Crippen LogP contribution is 2.27. The van der Waals surface area contributed by atoms with E-state index in [0.29, 0.717) is 0 Å². The largest absolute Gasteiger partial charge is 0.370 e. The first-order chi connectivity index (χ1) is 14.5. The molecule has 156 valence electrons. The summed E-state index contributed by atoms with van der Waals surface area (Å²) in [7, 11) is 0. The van der Waals surface area contributed by atoms with Crippen LogP contribution in [0.3, 0.4) is 0 Å². The average Bonchev–Trinajstić information content (AvgIpc) is 3.16. The Morgan fingerprint density at radius 2 is 1.80 bits per heavy atom. The van der Waals surface area contributed by atoms with Gasteiger partial charge in [0, 0.05) is 49.2 Å². The molecule has 3 aromatic rings. The van der Waals surface area contributed by atoms with E-state index < -0.39 is 0 Å². The van der Waals surface area contributed by atoms with Gasteiger partial charge in [-0.25, -0.2) is 9.97 Å². The summed E-state index contributed by atoms with van der Waals surface area (Å²) in [6, 6.07) is 8.53. The smallest absolute Gasteiger partial charge is 0.132 e. The van der Waals surface area contributed by atoms with Crippen molar-refractivity contribution in [2.24, 2.45) is 0 Å². The van der Waals surface area contributed by atoms with Crippen molar-refractivity contribution < 1.29 is 0 Å². The standard InChI is InChI=1S/C23H29N7/c1-5-20-7-8-22(30-24-9-10-25-30)21(16-20)18(3)28-11-6-12-29(14-13-28)23-15-17(2)26-19(4)27-23/h7-10,15-16H,3,5-6,11-14H2,1-2,4H3. The van der Waals surface area contributed by atoms with Crippen LogP contribution in [0.5, 0.6) is 0 Å². The number of anilines is 1. The van der Waals surface area contributed by atoms with Crippen LogP contribution in [0, 0.1) is 13.8 Å². The lowest BCUT2D eigenvalue weighted by molar-refractivity contribution is 0.426. The molecule has 3 heterocycles. The van der Waals surface area contributed by atoms with Gasteiger partial charge in [-0.1, -0.05) is 19.6 Å². The summed E-state index contributed by atoms with van der Waals surface area (Å²) in [5, 5.41) is 8.68. The molecule has 0 radical (unpaired) electrons. The third-order valence-electron chi connectivity index (χ3n) is 5.57. The predicted molar refractivity (Wildman–Crippen MR) is 120 cm³/mol. The van der Waals surface area contributed by atoms with E-state index in [1.165, 1.54) is 5.56 Å². The number of aryl methyl sites for hydroxylation is 3. The molecule has 1 aliphatic rings. The second kappa shape index (κ2) is 8.65. The zero-order valence-electron chi connectivity index (χ0n) is 18.0. The summed E-state index contributed by atoms with van der Waals surface area (Å²) in [5.74, 6) is 1.84. The lowest BCUT2D eigenvalue weighted by Crippen LogP contribution is -2.30. The first-order valence-corrected chi connectivity index (χ1v) is 10.6. The van der Waals surface area contributed by atoms with Crippen LogP contribution in [0.15, 0.2) is 43.2 Å². The van der Waals surface area contributed by atoms with Crippen molar-refractivity contribution in [2.75, 3.05) is 31.1 Å². The summed E-state index contributed by atoms with van der Waals surface area (Å²) in [6.45, 7) is 14.3. The normalized spacial score (nSPS) is 14.6. The molecular formula is C23H29N7. The zero-order valence-corrected chi connectivity index (χ0v) is 18.0. The summed E-state index contributed by atoms with van der Waals surface area (Å²) in [5.41, 5.74) is 5.37. The van der Waals surface area contributed by atoms with Crippen LogP contribution in [0.25, 0.3) is 11.4 Å². The van der Waals surface area contributed by atoms with Gasteiger partial charge in [-0.05, 0) is 44.4 Å². The Hall–Kier alpha value is -3.22. The van der Waals surface area contributed by atoms with Gasteiger partial charge in [0.15, 0.2) is 0 Å². The third kappa shape index (κ3) is 4.20. The zero-order chi connectivity index (χ0) is 21.1. The number of benzene rings is 1. The monoisotopic (exact) mass is 403 g/mol. The second-order valence-electron chi connectivity index (χ2n) is 7.71. The molecule has 0 spiro atoms. The molecule has 0 unspecified atom stereocenters. The van der Waals surface area contributed by atoms with Crippen LogP contribution in [0.2, 0.25) is 0 Å². The summed E-state index contributed by atoms with van der Waals surface area (Å²) in [4.78, 5) is 15.5.